The van der Waals surface area contributed by atoms with Crippen LogP contribution in [0.2, 0.25) is 0 Å². The lowest BCUT2D eigenvalue weighted by Crippen LogP contribution is -2.38. The molecule has 184 valence electrons. The Balaban J connectivity index is 1.71. The number of aromatic amines is 1. The van der Waals surface area contributed by atoms with Gasteiger partial charge < -0.3 is 25.4 Å². The molecule has 0 aliphatic heterocycles. The summed E-state index contributed by atoms with van der Waals surface area (Å²) in [6.07, 6.45) is -0.783. The number of anilines is 2. The molecule has 2 amide bonds. The Bertz CT molecular complexity index is 1240. The molecule has 35 heavy (non-hydrogen) atoms. The molecule has 0 unspecified atom stereocenters. The number of ether oxygens (including phenoxy) is 2. The Labute approximate surface area is 201 Å². The summed E-state index contributed by atoms with van der Waals surface area (Å²) >= 11 is 0. The molecule has 4 N–H and O–H groups in total. The fourth-order valence-electron chi connectivity index (χ4n) is 3.15. The number of carbonyl (C=O) groups is 2. The second kappa shape index (κ2) is 12.8. The van der Waals surface area contributed by atoms with Gasteiger partial charge in [0.05, 0.1) is 13.2 Å². The van der Waals surface area contributed by atoms with Gasteiger partial charge in [-0.3, -0.25) is 19.1 Å². The molecule has 1 aromatic heterocycles. The van der Waals surface area contributed by atoms with Crippen molar-refractivity contribution in [2.45, 2.75) is 19.7 Å². The maximum Gasteiger partial charge on any atom is 0.407 e. The van der Waals surface area contributed by atoms with E-state index in [0.717, 1.165) is 11.1 Å². The Morgan fingerprint density at radius 3 is 2.29 bits per heavy atom. The molecule has 0 aliphatic carbocycles. The van der Waals surface area contributed by atoms with Gasteiger partial charge in [0.1, 0.15) is 24.7 Å². The minimum absolute atomic E-state index is 0.00422. The Morgan fingerprint density at radius 1 is 0.971 bits per heavy atom. The van der Waals surface area contributed by atoms with E-state index in [0.29, 0.717) is 0 Å². The molecule has 0 aliphatic rings. The van der Waals surface area contributed by atoms with E-state index in [1.165, 1.54) is 11.7 Å². The summed E-state index contributed by atoms with van der Waals surface area (Å²) in [5, 5.41) is 7.88. The fourth-order valence-corrected chi connectivity index (χ4v) is 3.15. The molecule has 11 heteroatoms. The van der Waals surface area contributed by atoms with Crippen LogP contribution in [0.1, 0.15) is 11.1 Å². The third-order valence-electron chi connectivity index (χ3n) is 4.89. The molecule has 0 spiro atoms. The van der Waals surface area contributed by atoms with E-state index < -0.39 is 29.8 Å². The third-order valence-corrected chi connectivity index (χ3v) is 4.89. The van der Waals surface area contributed by atoms with Gasteiger partial charge in [0.25, 0.3) is 5.56 Å². The molecule has 0 radical (unpaired) electrons. The zero-order valence-electron chi connectivity index (χ0n) is 19.2. The van der Waals surface area contributed by atoms with Crippen LogP contribution < -0.4 is 27.2 Å². The predicted octanol–water partition coefficient (Wildman–Crippen LogP) is 1.66. The van der Waals surface area contributed by atoms with E-state index in [1.807, 2.05) is 48.5 Å². The van der Waals surface area contributed by atoms with Gasteiger partial charge in [-0.25, -0.2) is 9.59 Å². The first kappa shape index (κ1) is 25.2. The number of rotatable bonds is 11. The van der Waals surface area contributed by atoms with Crippen LogP contribution in [0, 0.1) is 0 Å². The van der Waals surface area contributed by atoms with Crippen molar-refractivity contribution >= 4 is 23.5 Å². The summed E-state index contributed by atoms with van der Waals surface area (Å²) < 4.78 is 11.3. The van der Waals surface area contributed by atoms with Crippen molar-refractivity contribution in [2.75, 3.05) is 30.9 Å². The maximum atomic E-state index is 12.6. The number of amides is 2. The molecule has 2 aromatic carbocycles. The van der Waals surface area contributed by atoms with Gasteiger partial charge in [-0.05, 0) is 11.1 Å². The first-order valence-corrected chi connectivity index (χ1v) is 10.9. The Kier molecular flexibility index (Phi) is 9.20. The highest BCUT2D eigenvalue weighted by Gasteiger charge is 2.18. The second-order valence-corrected chi connectivity index (χ2v) is 7.43. The number of hydrogen-bond donors (Lipinski definition) is 4. The zero-order chi connectivity index (χ0) is 25.0. The average Bonchev–Trinajstić information content (AvgIpc) is 2.87. The van der Waals surface area contributed by atoms with Gasteiger partial charge in [0.2, 0.25) is 5.91 Å². The van der Waals surface area contributed by atoms with Crippen molar-refractivity contribution in [1.29, 1.82) is 0 Å². The molecule has 0 saturated carbocycles. The van der Waals surface area contributed by atoms with Crippen LogP contribution in [0.4, 0.5) is 16.3 Å². The first-order valence-electron chi connectivity index (χ1n) is 10.9. The normalized spacial score (nSPS) is 10.4. The highest BCUT2D eigenvalue weighted by molar-refractivity contribution is 5.95. The van der Waals surface area contributed by atoms with Crippen LogP contribution in [-0.2, 0) is 34.0 Å². The van der Waals surface area contributed by atoms with Crippen LogP contribution in [-0.4, -0.2) is 41.8 Å². The second-order valence-electron chi connectivity index (χ2n) is 7.43. The van der Waals surface area contributed by atoms with Gasteiger partial charge in [0, 0.05) is 13.7 Å². The van der Waals surface area contributed by atoms with E-state index in [2.05, 4.69) is 20.9 Å². The molecule has 0 atom stereocenters. The third kappa shape index (κ3) is 7.57. The van der Waals surface area contributed by atoms with Gasteiger partial charge in [-0.2, -0.15) is 0 Å². The van der Waals surface area contributed by atoms with Gasteiger partial charge in [-0.15, -0.1) is 0 Å². The van der Waals surface area contributed by atoms with Crippen molar-refractivity contribution in [2.24, 2.45) is 0 Å². The molecule has 3 aromatic rings. The first-order chi connectivity index (χ1) is 17.0. The highest BCUT2D eigenvalue weighted by atomic mass is 16.5. The minimum Gasteiger partial charge on any atom is -0.445 e. The van der Waals surface area contributed by atoms with E-state index in [9.17, 15) is 19.2 Å². The van der Waals surface area contributed by atoms with E-state index in [1.54, 1.807) is 12.1 Å². The zero-order valence-corrected chi connectivity index (χ0v) is 19.2. The largest absolute Gasteiger partial charge is 0.445 e. The number of benzene rings is 2. The number of nitrogens with one attached hydrogen (secondary N) is 4. The topological polar surface area (TPSA) is 144 Å². The lowest BCUT2D eigenvalue weighted by Gasteiger charge is -2.18. The summed E-state index contributed by atoms with van der Waals surface area (Å²) in [5.74, 6) is -0.684. The van der Waals surface area contributed by atoms with E-state index in [4.69, 9.17) is 9.47 Å². The van der Waals surface area contributed by atoms with Crippen LogP contribution in [0.5, 0.6) is 0 Å². The van der Waals surface area contributed by atoms with Gasteiger partial charge in [0.15, 0.2) is 0 Å². The van der Waals surface area contributed by atoms with Gasteiger partial charge >= 0.3 is 11.8 Å². The van der Waals surface area contributed by atoms with Gasteiger partial charge in [-0.1, -0.05) is 60.7 Å². The molecular formula is C24H27N5O6. The average molecular weight is 482 g/mol. The molecule has 0 bridgehead atoms. The number of methoxy groups -OCH3 is 1. The SMILES string of the molecule is COCCn1c(NC(=O)CNC(=O)OCc2ccccc2)c(NCc2ccccc2)c(=O)[nH]c1=O. The van der Waals surface area contributed by atoms with E-state index >= 15 is 0 Å². The van der Waals surface area contributed by atoms with Crippen molar-refractivity contribution < 1.29 is 19.1 Å². The number of H-pyrrole nitrogens is 1. The number of nitrogens with zero attached hydrogens (tertiary/aromatic N) is 1. The summed E-state index contributed by atoms with van der Waals surface area (Å²) in [7, 11) is 1.47. The Morgan fingerprint density at radius 2 is 1.63 bits per heavy atom. The summed E-state index contributed by atoms with van der Waals surface area (Å²) in [6.45, 7) is 0.133. The van der Waals surface area contributed by atoms with Crippen LogP contribution in [0.3, 0.4) is 0 Å². The van der Waals surface area contributed by atoms with Crippen molar-refractivity contribution in [3.05, 3.63) is 92.6 Å². The minimum atomic E-state index is -0.783. The highest BCUT2D eigenvalue weighted by Crippen LogP contribution is 2.16. The predicted molar refractivity (Wildman–Crippen MR) is 130 cm³/mol. The van der Waals surface area contributed by atoms with Crippen LogP contribution in [0.15, 0.2) is 70.3 Å². The van der Waals surface area contributed by atoms with Crippen molar-refractivity contribution in [3.8, 4) is 0 Å². The summed E-state index contributed by atoms with van der Waals surface area (Å²) in [4.78, 5) is 51.8. The summed E-state index contributed by atoms with van der Waals surface area (Å²) in [6, 6.07) is 18.4. The monoisotopic (exact) mass is 481 g/mol. The molecular weight excluding hydrogens is 454 g/mol. The van der Waals surface area contributed by atoms with Crippen LogP contribution in [0.25, 0.3) is 0 Å². The number of hydrogen-bond acceptors (Lipinski definition) is 7. The fraction of sp³-hybridized carbons (Fsp3) is 0.250. The molecule has 0 saturated heterocycles. The van der Waals surface area contributed by atoms with Crippen LogP contribution >= 0.6 is 0 Å². The molecule has 11 nitrogen and oxygen atoms in total. The lowest BCUT2D eigenvalue weighted by atomic mass is 10.2. The smallest absolute Gasteiger partial charge is 0.407 e. The molecule has 0 fully saturated rings. The van der Waals surface area contributed by atoms with Crippen molar-refractivity contribution in [1.82, 2.24) is 14.9 Å². The molecule has 3 rings (SSSR count). The maximum absolute atomic E-state index is 12.6. The number of aromatic nitrogens is 2. The standard InChI is InChI=1S/C24H27N5O6/c1-34-13-12-29-21(20(22(31)28-23(29)32)25-14-17-8-4-2-5-9-17)27-19(30)15-26-24(33)35-16-18-10-6-3-7-11-18/h2-11,25H,12-16H2,1H3,(H,26,33)(H,27,30)(H,28,31,32). The Hall–Kier alpha value is -4.38. The summed E-state index contributed by atoms with van der Waals surface area (Å²) in [5.41, 5.74) is 0.297. The number of carbonyl (C=O) groups excluding carboxylic acids is 2. The van der Waals surface area contributed by atoms with E-state index in [-0.39, 0.29) is 37.8 Å². The number of alkyl carbamates (subject to hydrolysis) is 1. The lowest BCUT2D eigenvalue weighted by molar-refractivity contribution is -0.115. The quantitative estimate of drug-likeness (QED) is 0.326. The van der Waals surface area contributed by atoms with Crippen molar-refractivity contribution in [3.63, 3.8) is 0 Å². The molecule has 1 heterocycles.